The summed E-state index contributed by atoms with van der Waals surface area (Å²) < 4.78 is 1.92. The molecule has 4 atom stereocenters. The summed E-state index contributed by atoms with van der Waals surface area (Å²) in [4.78, 5) is 0. The van der Waals surface area contributed by atoms with Gasteiger partial charge in [0.25, 0.3) is 0 Å². The van der Waals surface area contributed by atoms with Crippen molar-refractivity contribution in [3.63, 3.8) is 0 Å². The van der Waals surface area contributed by atoms with Crippen LogP contribution in [-0.4, -0.2) is 3.21 Å². The van der Waals surface area contributed by atoms with Gasteiger partial charge in [-0.2, -0.15) is 29.3 Å². The first kappa shape index (κ1) is 45.7. The maximum atomic E-state index is 2.62. The first-order valence-electron chi connectivity index (χ1n) is 21.5. The minimum atomic E-state index is 0. The van der Waals surface area contributed by atoms with E-state index in [0.717, 1.165) is 30.1 Å². The Hall–Kier alpha value is -1.01. The molecule has 6 aliphatic rings. The number of benzene rings is 1. The van der Waals surface area contributed by atoms with Gasteiger partial charge in [0.1, 0.15) is 0 Å². The Morgan fingerprint density at radius 2 is 1.28 bits per heavy atom. The molecule has 2 aromatic carbocycles. The summed E-state index contributed by atoms with van der Waals surface area (Å²) in [6.45, 7) is 25.4. The van der Waals surface area contributed by atoms with Crippen LogP contribution in [0.5, 0.6) is 0 Å². The molecule has 8 rings (SSSR count). The molecule has 296 valence electrons. The molecule has 0 radical (unpaired) electrons. The third-order valence-electron chi connectivity index (χ3n) is 17.0. The number of hydrogen-bond donors (Lipinski definition) is 0. The Bertz CT molecular complexity index is 1590. The molecule has 54 heavy (non-hydrogen) atoms. The number of fused-ring (bicyclic) bond motifs is 6. The van der Waals surface area contributed by atoms with Crippen LogP contribution >= 0.6 is 0 Å². The zero-order chi connectivity index (χ0) is 37.5. The van der Waals surface area contributed by atoms with E-state index in [1.54, 1.807) is 52.4 Å². The van der Waals surface area contributed by atoms with Crippen LogP contribution in [0.2, 0.25) is 0 Å². The SMILES string of the molecule is CC([C](=[Zr+2])C(C)C1CCCCC1)C1CCCCC1.C[C-]1C2=C3Cc4ccccc4C3=C3C=CCCC3C2(C)C(C)(C)C(C)(C)C1(C)C.[Cl-].[Cl-].c1cc[cH-]c1. The molecule has 0 nitrogen and oxygen atoms in total. The van der Waals surface area contributed by atoms with Gasteiger partial charge < -0.3 is 24.8 Å². The van der Waals surface area contributed by atoms with Crippen LogP contribution in [0.1, 0.15) is 157 Å². The average molecular weight is 847 g/mol. The summed E-state index contributed by atoms with van der Waals surface area (Å²) >= 11 is 1.74. The third-order valence-corrected chi connectivity index (χ3v) is 19.3. The Morgan fingerprint density at radius 1 is 0.741 bits per heavy atom. The largest absolute Gasteiger partial charge is 1.00 e. The minimum Gasteiger partial charge on any atom is -1.00 e. The molecule has 3 heteroatoms. The van der Waals surface area contributed by atoms with Crippen LogP contribution < -0.4 is 24.8 Å². The van der Waals surface area contributed by atoms with Crippen molar-refractivity contribution in [3.8, 4) is 0 Å². The molecule has 3 saturated carbocycles. The van der Waals surface area contributed by atoms with E-state index in [0.29, 0.717) is 5.92 Å². The fraction of sp³-hybridized carbons (Fsp3) is 0.627. The second kappa shape index (κ2) is 18.3. The van der Waals surface area contributed by atoms with Crippen molar-refractivity contribution in [1.29, 1.82) is 0 Å². The van der Waals surface area contributed by atoms with Crippen molar-refractivity contribution in [2.24, 2.45) is 51.2 Å². The van der Waals surface area contributed by atoms with Crippen LogP contribution in [0.3, 0.4) is 0 Å². The van der Waals surface area contributed by atoms with Crippen molar-refractivity contribution in [2.45, 2.75) is 153 Å². The standard InChI is InChI=1S/C29H37.C17H30.C5H5.2ClH.Zr/c1-18-25-22-17-19-13-9-10-14-20(19)24(22)21-15-11-12-16-23(21)29(25,8)28(6,7)27(4,5)26(18,2)3;1-14(16-9-5-3-6-10-16)13-15(2)17-11-7-4-8-12-17;1-2-4-5-3-1;;;/h9-11,13-15,23H,12,16-17H2,1-8H3;14-17H,3-12H2,1-2H3;1-5H;2*1H;/q-1;;-1;;;+2/p-2. The predicted molar refractivity (Wildman–Crippen MR) is 223 cm³/mol. The fourth-order valence-electron chi connectivity index (χ4n) is 12.1. The molecule has 0 aromatic heterocycles. The van der Waals surface area contributed by atoms with Crippen molar-refractivity contribution >= 4 is 8.78 Å². The summed E-state index contributed by atoms with van der Waals surface area (Å²) in [5.41, 5.74) is 10.3. The van der Waals surface area contributed by atoms with Gasteiger partial charge in [-0.25, -0.2) is 18.1 Å². The minimum absolute atomic E-state index is 0. The van der Waals surface area contributed by atoms with Gasteiger partial charge in [-0.15, -0.1) is 6.92 Å². The number of halogens is 2. The first-order valence-corrected chi connectivity index (χ1v) is 22.7. The first-order chi connectivity index (χ1) is 24.7. The summed E-state index contributed by atoms with van der Waals surface area (Å²) in [5, 5.41) is 0. The maximum Gasteiger partial charge on any atom is -0.00969 e. The van der Waals surface area contributed by atoms with Gasteiger partial charge in [-0.3, -0.25) is 0 Å². The van der Waals surface area contributed by atoms with E-state index in [1.807, 2.05) is 33.5 Å². The van der Waals surface area contributed by atoms with Gasteiger partial charge in [0.15, 0.2) is 0 Å². The van der Waals surface area contributed by atoms with Crippen LogP contribution in [0.25, 0.3) is 5.57 Å². The predicted octanol–water partition coefficient (Wildman–Crippen LogP) is 8.52. The Balaban J connectivity index is 0.000000222. The molecule has 0 amide bonds. The quantitative estimate of drug-likeness (QED) is 0.271. The Labute approximate surface area is 359 Å². The molecule has 0 N–H and O–H groups in total. The summed E-state index contributed by atoms with van der Waals surface area (Å²) in [5.74, 6) is 6.13. The monoisotopic (exact) mass is 844 g/mol. The van der Waals surface area contributed by atoms with E-state index in [9.17, 15) is 0 Å². The van der Waals surface area contributed by atoms with E-state index in [4.69, 9.17) is 0 Å². The molecule has 0 aliphatic heterocycles. The van der Waals surface area contributed by atoms with E-state index in [1.165, 1.54) is 88.2 Å². The summed E-state index contributed by atoms with van der Waals surface area (Å²) in [7, 11) is 0. The summed E-state index contributed by atoms with van der Waals surface area (Å²) in [6.07, 6.45) is 23.5. The molecule has 6 aliphatic carbocycles. The van der Waals surface area contributed by atoms with Gasteiger partial charge in [0.2, 0.25) is 0 Å². The van der Waals surface area contributed by atoms with Crippen LogP contribution in [0, 0.1) is 57.2 Å². The van der Waals surface area contributed by atoms with Gasteiger partial charge in [0, 0.05) is 0 Å². The molecule has 3 fully saturated rings. The number of rotatable bonds is 4. The van der Waals surface area contributed by atoms with Crippen LogP contribution in [0.15, 0.2) is 83.5 Å². The fourth-order valence-corrected chi connectivity index (χ4v) is 13.2. The Morgan fingerprint density at radius 3 is 1.80 bits per heavy atom. The van der Waals surface area contributed by atoms with E-state index < -0.39 is 0 Å². The molecular formula is C51H72Cl2Zr-2. The molecule has 0 heterocycles. The van der Waals surface area contributed by atoms with Crippen molar-refractivity contribution < 1.29 is 49.0 Å². The van der Waals surface area contributed by atoms with Crippen molar-refractivity contribution in [2.75, 3.05) is 0 Å². The van der Waals surface area contributed by atoms with E-state index >= 15 is 0 Å². The molecule has 4 unspecified atom stereocenters. The van der Waals surface area contributed by atoms with Crippen molar-refractivity contribution in [1.82, 2.24) is 0 Å². The summed E-state index contributed by atoms with van der Waals surface area (Å²) in [6, 6.07) is 19.2. The normalized spacial score (nSPS) is 27.6. The second-order valence-corrected chi connectivity index (χ2v) is 21.0. The number of allylic oxidation sites excluding steroid dienone is 6. The van der Waals surface area contributed by atoms with E-state index in [-0.39, 0.29) is 46.5 Å². The van der Waals surface area contributed by atoms with Crippen LogP contribution in [-0.2, 0) is 30.7 Å². The zero-order valence-electron chi connectivity index (χ0n) is 35.7. The second-order valence-electron chi connectivity index (χ2n) is 19.5. The maximum absolute atomic E-state index is 2.62. The van der Waals surface area contributed by atoms with Gasteiger partial charge >= 0.3 is 129 Å². The van der Waals surface area contributed by atoms with Crippen LogP contribution in [0.4, 0.5) is 0 Å². The smallest absolute Gasteiger partial charge is 0.00969 e. The topological polar surface area (TPSA) is 0 Å². The van der Waals surface area contributed by atoms with Gasteiger partial charge in [0.05, 0.1) is 0 Å². The third kappa shape index (κ3) is 7.90. The Kier molecular flexibility index (Phi) is 15.5. The molecular weight excluding hydrogens is 775 g/mol. The zero-order valence-corrected chi connectivity index (χ0v) is 39.7. The van der Waals surface area contributed by atoms with Gasteiger partial charge in [-0.1, -0.05) is 113 Å². The van der Waals surface area contributed by atoms with Crippen molar-refractivity contribution in [3.05, 3.63) is 101 Å². The molecule has 0 saturated heterocycles. The molecule has 0 spiro atoms. The molecule has 0 bridgehead atoms. The average Bonchev–Trinajstić information content (AvgIpc) is 3.87. The molecule has 2 aromatic rings. The van der Waals surface area contributed by atoms with Gasteiger partial charge in [-0.05, 0) is 40.6 Å². The van der Waals surface area contributed by atoms with E-state index in [2.05, 4.69) is 106 Å². The number of hydrogen-bond acceptors (Lipinski definition) is 0.